The van der Waals surface area contributed by atoms with E-state index in [1.54, 1.807) is 17.5 Å². The van der Waals surface area contributed by atoms with Crippen molar-refractivity contribution in [1.29, 1.82) is 0 Å². The van der Waals surface area contributed by atoms with E-state index in [1.165, 1.54) is 4.88 Å². The number of hydrogen-bond donors (Lipinski definition) is 2. The molecule has 0 saturated carbocycles. The van der Waals surface area contributed by atoms with Gasteiger partial charge in [-0.1, -0.05) is 12.1 Å². The van der Waals surface area contributed by atoms with Crippen LogP contribution in [0.4, 0.5) is 4.79 Å². The second kappa shape index (κ2) is 7.65. The number of amides is 2. The highest BCUT2D eigenvalue weighted by molar-refractivity contribution is 7.09. The monoisotopic (exact) mass is 289 g/mol. The quantitative estimate of drug-likeness (QED) is 0.859. The van der Waals surface area contributed by atoms with Crippen LogP contribution < -0.4 is 10.6 Å². The molecule has 0 aliphatic rings. The van der Waals surface area contributed by atoms with Gasteiger partial charge in [-0.25, -0.2) is 4.79 Å². The lowest BCUT2D eigenvalue weighted by atomic mass is 10.2. The van der Waals surface area contributed by atoms with E-state index in [1.807, 2.05) is 31.3 Å². The Morgan fingerprint density at radius 1 is 1.40 bits per heavy atom. The van der Waals surface area contributed by atoms with Gasteiger partial charge in [0.1, 0.15) is 0 Å². The number of aromatic nitrogens is 1. The fraction of sp³-hybridized carbons (Fsp3) is 0.333. The molecule has 5 heteroatoms. The Balaban J connectivity index is 1.65. The largest absolute Gasteiger partial charge is 0.338 e. The van der Waals surface area contributed by atoms with Crippen molar-refractivity contribution >= 4 is 17.4 Å². The molecule has 2 aromatic rings. The molecule has 1 atom stereocenters. The minimum Gasteiger partial charge on any atom is -0.338 e. The molecule has 2 amide bonds. The van der Waals surface area contributed by atoms with Crippen LogP contribution in [0, 0.1) is 0 Å². The summed E-state index contributed by atoms with van der Waals surface area (Å²) in [4.78, 5) is 17.1. The third-order valence-corrected chi connectivity index (χ3v) is 3.79. The molecule has 1 unspecified atom stereocenters. The van der Waals surface area contributed by atoms with E-state index < -0.39 is 0 Å². The first-order valence-corrected chi connectivity index (χ1v) is 7.57. The van der Waals surface area contributed by atoms with Crippen molar-refractivity contribution < 1.29 is 4.79 Å². The minimum atomic E-state index is -0.113. The highest BCUT2D eigenvalue weighted by Crippen LogP contribution is 2.10. The Morgan fingerprint density at radius 3 is 3.00 bits per heavy atom. The Bertz CT molecular complexity index is 513. The normalized spacial score (nSPS) is 11.8. The maximum absolute atomic E-state index is 11.7. The van der Waals surface area contributed by atoms with Crippen molar-refractivity contribution in [3.05, 3.63) is 52.5 Å². The molecular weight excluding hydrogens is 270 g/mol. The SMILES string of the molecule is CC(Cc1cccs1)NC(=O)NCCc1cccnc1. The lowest BCUT2D eigenvalue weighted by molar-refractivity contribution is 0.238. The molecule has 0 aliphatic heterocycles. The second-order valence-corrected chi connectivity index (χ2v) is 5.73. The Kier molecular flexibility index (Phi) is 5.55. The Morgan fingerprint density at radius 2 is 2.30 bits per heavy atom. The summed E-state index contributed by atoms with van der Waals surface area (Å²) >= 11 is 1.71. The van der Waals surface area contributed by atoms with E-state index in [-0.39, 0.29) is 12.1 Å². The third-order valence-electron chi connectivity index (χ3n) is 2.89. The first kappa shape index (κ1) is 14.5. The van der Waals surface area contributed by atoms with Crippen molar-refractivity contribution in [2.75, 3.05) is 6.54 Å². The van der Waals surface area contributed by atoms with Crippen LogP contribution in [-0.2, 0) is 12.8 Å². The van der Waals surface area contributed by atoms with E-state index in [4.69, 9.17) is 0 Å². The maximum Gasteiger partial charge on any atom is 0.315 e. The van der Waals surface area contributed by atoms with E-state index in [0.717, 1.165) is 18.4 Å². The van der Waals surface area contributed by atoms with Crippen molar-refractivity contribution in [1.82, 2.24) is 15.6 Å². The van der Waals surface area contributed by atoms with Crippen LogP contribution in [-0.4, -0.2) is 23.6 Å². The molecule has 0 bridgehead atoms. The highest BCUT2D eigenvalue weighted by Gasteiger charge is 2.08. The number of carbonyl (C=O) groups is 1. The van der Waals surface area contributed by atoms with E-state index in [0.29, 0.717) is 6.54 Å². The van der Waals surface area contributed by atoms with E-state index >= 15 is 0 Å². The van der Waals surface area contributed by atoms with Crippen LogP contribution in [0.25, 0.3) is 0 Å². The van der Waals surface area contributed by atoms with Crippen LogP contribution in [0.1, 0.15) is 17.4 Å². The molecule has 0 spiro atoms. The number of pyridine rings is 1. The molecule has 0 aromatic carbocycles. The van der Waals surface area contributed by atoms with Gasteiger partial charge in [-0.15, -0.1) is 11.3 Å². The molecule has 2 N–H and O–H groups in total. The van der Waals surface area contributed by atoms with Gasteiger partial charge in [-0.3, -0.25) is 4.98 Å². The standard InChI is InChI=1S/C15H19N3OS/c1-12(10-14-5-3-9-20-14)18-15(19)17-8-6-13-4-2-7-16-11-13/h2-5,7,9,11-12H,6,8,10H2,1H3,(H2,17,18,19). The van der Waals surface area contributed by atoms with E-state index in [2.05, 4.69) is 27.1 Å². The zero-order chi connectivity index (χ0) is 14.2. The molecule has 2 aromatic heterocycles. The highest BCUT2D eigenvalue weighted by atomic mass is 32.1. The molecule has 2 heterocycles. The zero-order valence-corrected chi connectivity index (χ0v) is 12.3. The molecule has 2 rings (SSSR count). The molecular formula is C15H19N3OS. The lowest BCUT2D eigenvalue weighted by Crippen LogP contribution is -2.42. The fourth-order valence-electron chi connectivity index (χ4n) is 1.92. The summed E-state index contributed by atoms with van der Waals surface area (Å²) in [7, 11) is 0. The number of rotatable bonds is 6. The Labute approximate surface area is 123 Å². The summed E-state index contributed by atoms with van der Waals surface area (Å²) in [6.07, 6.45) is 5.23. The number of carbonyl (C=O) groups excluding carboxylic acids is 1. The summed E-state index contributed by atoms with van der Waals surface area (Å²) < 4.78 is 0. The summed E-state index contributed by atoms with van der Waals surface area (Å²) in [6.45, 7) is 2.63. The van der Waals surface area contributed by atoms with E-state index in [9.17, 15) is 4.79 Å². The van der Waals surface area contributed by atoms with Crippen LogP contribution in [0.2, 0.25) is 0 Å². The smallest absolute Gasteiger partial charge is 0.315 e. The summed E-state index contributed by atoms with van der Waals surface area (Å²) in [5, 5.41) is 7.86. The predicted octanol–water partition coefficient (Wildman–Crippen LogP) is 2.62. The number of nitrogens with zero attached hydrogens (tertiary/aromatic N) is 1. The topological polar surface area (TPSA) is 54.0 Å². The van der Waals surface area contributed by atoms with Gasteiger partial charge in [0.15, 0.2) is 0 Å². The van der Waals surface area contributed by atoms with Gasteiger partial charge in [0.05, 0.1) is 0 Å². The second-order valence-electron chi connectivity index (χ2n) is 4.70. The van der Waals surface area contributed by atoms with Crippen molar-refractivity contribution in [2.24, 2.45) is 0 Å². The first-order valence-electron chi connectivity index (χ1n) is 6.69. The van der Waals surface area contributed by atoms with Crippen LogP contribution in [0.5, 0.6) is 0 Å². The predicted molar refractivity (Wildman–Crippen MR) is 82.0 cm³/mol. The number of thiophene rings is 1. The average Bonchev–Trinajstić information content (AvgIpc) is 2.92. The van der Waals surface area contributed by atoms with Crippen molar-refractivity contribution in [3.63, 3.8) is 0 Å². The van der Waals surface area contributed by atoms with Gasteiger partial charge < -0.3 is 10.6 Å². The number of hydrogen-bond acceptors (Lipinski definition) is 3. The summed E-state index contributed by atoms with van der Waals surface area (Å²) in [6, 6.07) is 8.04. The summed E-state index contributed by atoms with van der Waals surface area (Å²) in [5.41, 5.74) is 1.12. The number of urea groups is 1. The molecule has 4 nitrogen and oxygen atoms in total. The van der Waals surface area contributed by atoms with Crippen LogP contribution >= 0.6 is 11.3 Å². The number of nitrogens with one attached hydrogen (secondary N) is 2. The molecule has 20 heavy (non-hydrogen) atoms. The molecule has 0 fully saturated rings. The van der Waals surface area contributed by atoms with Crippen molar-refractivity contribution in [2.45, 2.75) is 25.8 Å². The van der Waals surface area contributed by atoms with Gasteiger partial charge in [0.2, 0.25) is 0 Å². The molecule has 0 radical (unpaired) electrons. The van der Waals surface area contributed by atoms with Gasteiger partial charge in [0, 0.05) is 36.3 Å². The Hall–Kier alpha value is -1.88. The molecule has 106 valence electrons. The van der Waals surface area contributed by atoms with Gasteiger partial charge in [-0.05, 0) is 36.4 Å². The summed E-state index contributed by atoms with van der Waals surface area (Å²) in [5.74, 6) is 0. The van der Waals surface area contributed by atoms with Gasteiger partial charge in [-0.2, -0.15) is 0 Å². The zero-order valence-electron chi connectivity index (χ0n) is 11.5. The average molecular weight is 289 g/mol. The van der Waals surface area contributed by atoms with Gasteiger partial charge >= 0.3 is 6.03 Å². The van der Waals surface area contributed by atoms with Crippen LogP contribution in [0.3, 0.4) is 0 Å². The maximum atomic E-state index is 11.7. The minimum absolute atomic E-state index is 0.113. The van der Waals surface area contributed by atoms with Gasteiger partial charge in [0.25, 0.3) is 0 Å². The lowest BCUT2D eigenvalue weighted by Gasteiger charge is -2.13. The van der Waals surface area contributed by atoms with Crippen molar-refractivity contribution in [3.8, 4) is 0 Å². The third kappa shape index (κ3) is 5.01. The fourth-order valence-corrected chi connectivity index (χ4v) is 2.76. The van der Waals surface area contributed by atoms with Crippen LogP contribution in [0.15, 0.2) is 42.0 Å². The molecule has 0 saturated heterocycles. The first-order chi connectivity index (χ1) is 9.74. The molecule has 0 aliphatic carbocycles.